The highest BCUT2D eigenvalue weighted by atomic mass is 19.1. The molecule has 0 spiro atoms. The van der Waals surface area contributed by atoms with Gasteiger partial charge >= 0.3 is 0 Å². The van der Waals surface area contributed by atoms with E-state index < -0.39 is 0 Å². The molecule has 1 aromatic carbocycles. The average Bonchev–Trinajstić information content (AvgIpc) is 2.51. The normalized spacial score (nSPS) is 15.8. The standard InChI is InChI=1S/C17H20FN3O/c1-11-3-4-14(9-15(11)18)21-17-10-16(19-12(2)20-17)13-5-7-22-8-6-13/h3-4,9-10,13H,5-8H2,1-2H3,(H,19,20,21). The minimum absolute atomic E-state index is 0.222. The molecule has 1 saturated heterocycles. The van der Waals surface area contributed by atoms with E-state index in [0.29, 0.717) is 23.0 Å². The van der Waals surface area contributed by atoms with Crippen molar-refractivity contribution in [2.75, 3.05) is 18.5 Å². The van der Waals surface area contributed by atoms with Gasteiger partial charge in [0.2, 0.25) is 0 Å². The molecule has 0 bridgehead atoms. The zero-order valence-corrected chi connectivity index (χ0v) is 12.9. The predicted molar refractivity (Wildman–Crippen MR) is 84.0 cm³/mol. The Morgan fingerprint density at radius 1 is 1.14 bits per heavy atom. The Morgan fingerprint density at radius 2 is 1.91 bits per heavy atom. The van der Waals surface area contributed by atoms with Crippen LogP contribution in [0.25, 0.3) is 0 Å². The van der Waals surface area contributed by atoms with Crippen LogP contribution in [0.15, 0.2) is 24.3 Å². The number of hydrogen-bond acceptors (Lipinski definition) is 4. The SMILES string of the molecule is Cc1nc(Nc2ccc(C)c(F)c2)cc(C2CCOCC2)n1. The van der Waals surface area contributed by atoms with Gasteiger partial charge in [0.25, 0.3) is 0 Å². The largest absolute Gasteiger partial charge is 0.381 e. The fraction of sp³-hybridized carbons (Fsp3) is 0.412. The number of benzene rings is 1. The predicted octanol–water partition coefficient (Wildman–Crippen LogP) is 3.87. The average molecular weight is 301 g/mol. The van der Waals surface area contributed by atoms with Crippen LogP contribution < -0.4 is 5.32 Å². The highest BCUT2D eigenvalue weighted by Crippen LogP contribution is 2.27. The Labute approximate surface area is 129 Å². The van der Waals surface area contributed by atoms with Crippen LogP contribution in [0.2, 0.25) is 0 Å². The second-order valence-corrected chi connectivity index (χ2v) is 5.70. The maximum absolute atomic E-state index is 13.6. The molecule has 0 atom stereocenters. The van der Waals surface area contributed by atoms with Gasteiger partial charge in [-0.05, 0) is 44.4 Å². The Balaban J connectivity index is 1.83. The maximum Gasteiger partial charge on any atom is 0.134 e. The summed E-state index contributed by atoms with van der Waals surface area (Å²) < 4.78 is 19.0. The molecule has 0 amide bonds. The highest BCUT2D eigenvalue weighted by molar-refractivity contribution is 5.57. The van der Waals surface area contributed by atoms with Gasteiger partial charge in [0.05, 0.1) is 0 Å². The number of nitrogens with one attached hydrogen (secondary N) is 1. The van der Waals surface area contributed by atoms with E-state index in [-0.39, 0.29) is 5.82 Å². The molecule has 1 fully saturated rings. The van der Waals surface area contributed by atoms with E-state index in [1.807, 2.05) is 19.1 Å². The van der Waals surface area contributed by atoms with E-state index in [4.69, 9.17) is 4.74 Å². The summed E-state index contributed by atoms with van der Waals surface area (Å²) in [7, 11) is 0. The fourth-order valence-electron chi connectivity index (χ4n) is 2.68. The molecule has 116 valence electrons. The molecule has 0 saturated carbocycles. The molecule has 1 aromatic heterocycles. The Bertz CT molecular complexity index is 669. The zero-order valence-electron chi connectivity index (χ0n) is 12.9. The van der Waals surface area contributed by atoms with E-state index in [2.05, 4.69) is 15.3 Å². The monoisotopic (exact) mass is 301 g/mol. The lowest BCUT2D eigenvalue weighted by Crippen LogP contribution is -2.16. The van der Waals surface area contributed by atoms with Gasteiger partial charge in [0.1, 0.15) is 17.5 Å². The lowest BCUT2D eigenvalue weighted by Gasteiger charge is -2.22. The minimum Gasteiger partial charge on any atom is -0.381 e. The number of rotatable bonds is 3. The van der Waals surface area contributed by atoms with E-state index in [1.165, 1.54) is 6.07 Å². The second-order valence-electron chi connectivity index (χ2n) is 5.70. The van der Waals surface area contributed by atoms with Crippen LogP contribution in [-0.2, 0) is 4.74 Å². The van der Waals surface area contributed by atoms with Crippen LogP contribution in [-0.4, -0.2) is 23.2 Å². The summed E-state index contributed by atoms with van der Waals surface area (Å²) in [5.41, 5.74) is 2.36. The zero-order chi connectivity index (χ0) is 15.5. The van der Waals surface area contributed by atoms with Gasteiger partial charge in [-0.1, -0.05) is 6.07 Å². The van der Waals surface area contributed by atoms with Gasteiger partial charge in [0.15, 0.2) is 0 Å². The number of aromatic nitrogens is 2. The van der Waals surface area contributed by atoms with Crippen molar-refractivity contribution in [3.63, 3.8) is 0 Å². The Hall–Kier alpha value is -2.01. The molecule has 2 heterocycles. The van der Waals surface area contributed by atoms with Crippen molar-refractivity contribution in [2.24, 2.45) is 0 Å². The van der Waals surface area contributed by atoms with Crippen LogP contribution >= 0.6 is 0 Å². The first-order valence-corrected chi connectivity index (χ1v) is 7.58. The third-order valence-corrected chi connectivity index (χ3v) is 3.94. The Kier molecular flexibility index (Phi) is 4.34. The number of anilines is 2. The van der Waals surface area contributed by atoms with Gasteiger partial charge in [-0.15, -0.1) is 0 Å². The van der Waals surface area contributed by atoms with Crippen molar-refractivity contribution < 1.29 is 9.13 Å². The lowest BCUT2D eigenvalue weighted by molar-refractivity contribution is 0.0844. The van der Waals surface area contributed by atoms with Gasteiger partial charge < -0.3 is 10.1 Å². The molecular formula is C17H20FN3O. The maximum atomic E-state index is 13.6. The van der Waals surface area contributed by atoms with Crippen molar-refractivity contribution in [2.45, 2.75) is 32.6 Å². The topological polar surface area (TPSA) is 47.0 Å². The van der Waals surface area contributed by atoms with Crippen LogP contribution in [0.5, 0.6) is 0 Å². The van der Waals surface area contributed by atoms with Gasteiger partial charge in [0, 0.05) is 36.6 Å². The van der Waals surface area contributed by atoms with Crippen LogP contribution in [0.4, 0.5) is 15.9 Å². The van der Waals surface area contributed by atoms with E-state index in [1.54, 1.807) is 13.0 Å². The molecule has 22 heavy (non-hydrogen) atoms. The van der Waals surface area contributed by atoms with Crippen LogP contribution in [0, 0.1) is 19.7 Å². The lowest BCUT2D eigenvalue weighted by atomic mass is 9.96. The summed E-state index contributed by atoms with van der Waals surface area (Å²) in [6, 6.07) is 7.05. The molecule has 4 nitrogen and oxygen atoms in total. The second kappa shape index (κ2) is 6.40. The number of halogens is 1. The van der Waals surface area contributed by atoms with Crippen molar-refractivity contribution in [1.82, 2.24) is 9.97 Å². The van der Waals surface area contributed by atoms with E-state index >= 15 is 0 Å². The van der Waals surface area contributed by atoms with E-state index in [0.717, 1.165) is 37.6 Å². The Morgan fingerprint density at radius 3 is 2.64 bits per heavy atom. The molecule has 0 unspecified atom stereocenters. The van der Waals surface area contributed by atoms with Gasteiger partial charge in [-0.2, -0.15) is 0 Å². The third kappa shape index (κ3) is 3.42. The molecular weight excluding hydrogens is 281 g/mol. The van der Waals surface area contributed by atoms with Crippen molar-refractivity contribution >= 4 is 11.5 Å². The van der Waals surface area contributed by atoms with E-state index in [9.17, 15) is 4.39 Å². The molecule has 0 aliphatic carbocycles. The number of ether oxygens (including phenoxy) is 1. The summed E-state index contributed by atoms with van der Waals surface area (Å²) in [6.07, 6.45) is 1.96. The molecule has 1 aliphatic heterocycles. The summed E-state index contributed by atoms with van der Waals surface area (Å²) in [4.78, 5) is 8.95. The first-order valence-electron chi connectivity index (χ1n) is 7.58. The molecule has 1 aliphatic rings. The smallest absolute Gasteiger partial charge is 0.134 e. The first-order chi connectivity index (χ1) is 10.6. The summed E-state index contributed by atoms with van der Waals surface area (Å²) >= 11 is 0. The van der Waals surface area contributed by atoms with Crippen molar-refractivity contribution in [3.8, 4) is 0 Å². The van der Waals surface area contributed by atoms with Gasteiger partial charge in [-0.25, -0.2) is 14.4 Å². The third-order valence-electron chi connectivity index (χ3n) is 3.94. The summed E-state index contributed by atoms with van der Waals surface area (Å²) in [6.45, 7) is 5.18. The summed E-state index contributed by atoms with van der Waals surface area (Å²) in [5, 5.41) is 3.17. The molecule has 2 aromatic rings. The number of hydrogen-bond donors (Lipinski definition) is 1. The minimum atomic E-state index is -0.222. The van der Waals surface area contributed by atoms with Crippen LogP contribution in [0.1, 0.15) is 35.8 Å². The highest BCUT2D eigenvalue weighted by Gasteiger charge is 2.18. The molecule has 5 heteroatoms. The van der Waals surface area contributed by atoms with Crippen molar-refractivity contribution in [1.29, 1.82) is 0 Å². The summed E-state index contributed by atoms with van der Waals surface area (Å²) in [5.74, 6) is 1.61. The first kappa shape index (κ1) is 14.9. The fourth-order valence-corrected chi connectivity index (χ4v) is 2.68. The van der Waals surface area contributed by atoms with Crippen LogP contribution in [0.3, 0.4) is 0 Å². The molecule has 1 N–H and O–H groups in total. The quantitative estimate of drug-likeness (QED) is 0.935. The number of nitrogens with zero attached hydrogens (tertiary/aromatic N) is 2. The van der Waals surface area contributed by atoms with Crippen molar-refractivity contribution in [3.05, 3.63) is 47.2 Å². The van der Waals surface area contributed by atoms with Gasteiger partial charge in [-0.3, -0.25) is 0 Å². The molecule has 0 radical (unpaired) electrons. The molecule has 3 rings (SSSR count). The number of aryl methyl sites for hydroxylation is 2.